The van der Waals surface area contributed by atoms with Gasteiger partial charge in [0.1, 0.15) is 11.4 Å². The predicted molar refractivity (Wildman–Crippen MR) is 77.7 cm³/mol. The van der Waals surface area contributed by atoms with Crippen LogP contribution in [0.3, 0.4) is 0 Å². The van der Waals surface area contributed by atoms with Gasteiger partial charge in [-0.05, 0) is 51.3 Å². The zero-order valence-electron chi connectivity index (χ0n) is 11.6. The Bertz CT molecular complexity index is 555. The summed E-state index contributed by atoms with van der Waals surface area (Å²) in [6, 6.07) is 5.93. The lowest BCUT2D eigenvalue weighted by Crippen LogP contribution is -2.41. The molecule has 1 aliphatic heterocycles. The summed E-state index contributed by atoms with van der Waals surface area (Å²) < 4.78 is 17.8. The van der Waals surface area contributed by atoms with Gasteiger partial charge in [-0.2, -0.15) is 11.3 Å². The predicted octanol–water partition coefficient (Wildman–Crippen LogP) is 3.31. The average Bonchev–Trinajstić information content (AvgIpc) is 3.00. The molecular weight excluding hydrogens is 259 g/mol. The van der Waals surface area contributed by atoms with Gasteiger partial charge in [0, 0.05) is 10.9 Å². The maximum Gasteiger partial charge on any atom is 0.532 e. The fraction of sp³-hybridized carbons (Fsp3) is 0.429. The Kier molecular flexibility index (Phi) is 2.89. The quantitative estimate of drug-likeness (QED) is 0.789. The lowest BCUT2D eigenvalue weighted by Gasteiger charge is -2.32. The monoisotopic (exact) mass is 276 g/mol. The van der Waals surface area contributed by atoms with Crippen molar-refractivity contribution in [1.82, 2.24) is 0 Å². The molecule has 0 radical (unpaired) electrons. The van der Waals surface area contributed by atoms with Crippen LogP contribution in [0.25, 0.3) is 11.3 Å². The lowest BCUT2D eigenvalue weighted by atomic mass is 9.86. The molecule has 0 bridgehead atoms. The highest BCUT2D eigenvalue weighted by Gasteiger charge is 2.53. The molecule has 0 saturated carbocycles. The van der Waals surface area contributed by atoms with Crippen molar-refractivity contribution < 1.29 is 13.7 Å². The van der Waals surface area contributed by atoms with Crippen LogP contribution in [-0.2, 0) is 9.31 Å². The molecule has 0 aromatic carbocycles. The lowest BCUT2D eigenvalue weighted by molar-refractivity contribution is 0.00578. The van der Waals surface area contributed by atoms with Crippen molar-refractivity contribution in [2.24, 2.45) is 0 Å². The number of furan rings is 1. The van der Waals surface area contributed by atoms with E-state index >= 15 is 0 Å². The zero-order valence-corrected chi connectivity index (χ0v) is 12.4. The van der Waals surface area contributed by atoms with E-state index in [1.165, 1.54) is 0 Å². The summed E-state index contributed by atoms with van der Waals surface area (Å²) in [6.07, 6.45) is 0. The second-order valence-electron chi connectivity index (χ2n) is 5.80. The molecule has 5 heteroatoms. The molecule has 100 valence electrons. The Morgan fingerprint density at radius 3 is 2.26 bits per heavy atom. The maximum absolute atomic E-state index is 5.97. The molecule has 0 N–H and O–H groups in total. The smallest absolute Gasteiger partial charge is 0.465 e. The summed E-state index contributed by atoms with van der Waals surface area (Å²) in [4.78, 5) is 0. The van der Waals surface area contributed by atoms with E-state index < -0.39 is 7.12 Å². The first kappa shape index (κ1) is 13.0. The number of hydrogen-bond acceptors (Lipinski definition) is 4. The Hall–Kier alpha value is -1.04. The van der Waals surface area contributed by atoms with Crippen LogP contribution in [-0.4, -0.2) is 18.3 Å². The molecule has 19 heavy (non-hydrogen) atoms. The van der Waals surface area contributed by atoms with Crippen LogP contribution in [0.15, 0.2) is 33.4 Å². The third-order valence-corrected chi connectivity index (χ3v) is 4.60. The second-order valence-corrected chi connectivity index (χ2v) is 6.58. The van der Waals surface area contributed by atoms with Crippen molar-refractivity contribution in [2.45, 2.75) is 38.9 Å². The van der Waals surface area contributed by atoms with Crippen LogP contribution in [0.4, 0.5) is 0 Å². The van der Waals surface area contributed by atoms with Crippen molar-refractivity contribution in [3.63, 3.8) is 0 Å². The van der Waals surface area contributed by atoms with E-state index in [0.29, 0.717) is 0 Å². The summed E-state index contributed by atoms with van der Waals surface area (Å²) in [6.45, 7) is 8.15. The van der Waals surface area contributed by atoms with Crippen molar-refractivity contribution in [1.29, 1.82) is 0 Å². The fourth-order valence-corrected chi connectivity index (χ4v) is 2.64. The van der Waals surface area contributed by atoms with E-state index in [9.17, 15) is 0 Å². The molecule has 0 unspecified atom stereocenters. The molecule has 0 amide bonds. The molecule has 2 aromatic heterocycles. The van der Waals surface area contributed by atoms with E-state index in [-0.39, 0.29) is 11.2 Å². The summed E-state index contributed by atoms with van der Waals surface area (Å²) in [5.41, 5.74) is 1.13. The van der Waals surface area contributed by atoms with Gasteiger partial charge in [-0.25, -0.2) is 0 Å². The fourth-order valence-electron chi connectivity index (χ4n) is 2.00. The largest absolute Gasteiger partial charge is 0.532 e. The molecule has 0 atom stereocenters. The molecule has 3 heterocycles. The summed E-state index contributed by atoms with van der Waals surface area (Å²) in [5.74, 6) is 0.853. The van der Waals surface area contributed by atoms with Crippen LogP contribution < -0.4 is 5.66 Å². The third kappa shape index (κ3) is 2.16. The van der Waals surface area contributed by atoms with Crippen LogP contribution >= 0.6 is 11.3 Å². The highest BCUT2D eigenvalue weighted by atomic mass is 32.1. The number of thiophene rings is 1. The maximum atomic E-state index is 5.97. The highest BCUT2D eigenvalue weighted by molar-refractivity contribution is 7.08. The van der Waals surface area contributed by atoms with Crippen molar-refractivity contribution in [3.8, 4) is 11.3 Å². The second kappa shape index (κ2) is 4.23. The van der Waals surface area contributed by atoms with Crippen LogP contribution in [0, 0.1) is 0 Å². The van der Waals surface area contributed by atoms with Gasteiger partial charge in [0.25, 0.3) is 0 Å². The molecule has 3 rings (SSSR count). The molecule has 0 aliphatic carbocycles. The molecule has 0 spiro atoms. The topological polar surface area (TPSA) is 31.6 Å². The van der Waals surface area contributed by atoms with Crippen LogP contribution in [0.1, 0.15) is 27.7 Å². The van der Waals surface area contributed by atoms with E-state index in [1.54, 1.807) is 11.3 Å². The molecule has 1 fully saturated rings. The van der Waals surface area contributed by atoms with Gasteiger partial charge >= 0.3 is 7.12 Å². The average molecular weight is 276 g/mol. The van der Waals surface area contributed by atoms with E-state index in [0.717, 1.165) is 17.0 Å². The van der Waals surface area contributed by atoms with Gasteiger partial charge in [-0.3, -0.25) is 0 Å². The van der Waals surface area contributed by atoms with Crippen molar-refractivity contribution in [3.05, 3.63) is 29.0 Å². The van der Waals surface area contributed by atoms with Gasteiger partial charge in [-0.15, -0.1) is 0 Å². The van der Waals surface area contributed by atoms with Gasteiger partial charge in [0.05, 0.1) is 11.2 Å². The van der Waals surface area contributed by atoms with Crippen LogP contribution in [0.2, 0.25) is 0 Å². The van der Waals surface area contributed by atoms with Gasteiger partial charge < -0.3 is 13.7 Å². The molecular formula is C14H17BO3S. The minimum Gasteiger partial charge on any atom is -0.465 e. The van der Waals surface area contributed by atoms with Gasteiger partial charge in [0.15, 0.2) is 0 Å². The zero-order chi connectivity index (χ0) is 13.7. The number of rotatable bonds is 2. The minimum atomic E-state index is -0.433. The molecule has 1 aliphatic rings. The SMILES string of the molecule is CC1(C)OB(c2ccc(-c3ccsc3)o2)OC1(C)C. The minimum absolute atomic E-state index is 0.340. The van der Waals surface area contributed by atoms with Crippen molar-refractivity contribution >= 4 is 24.1 Å². The van der Waals surface area contributed by atoms with E-state index in [4.69, 9.17) is 13.7 Å². The molecule has 2 aromatic rings. The first-order valence-electron chi connectivity index (χ1n) is 6.37. The Labute approximate surface area is 117 Å². The van der Waals surface area contributed by atoms with E-state index in [1.807, 2.05) is 51.3 Å². The summed E-state index contributed by atoms with van der Waals surface area (Å²) >= 11 is 1.65. The Balaban J connectivity index is 1.85. The Morgan fingerprint density at radius 2 is 1.68 bits per heavy atom. The normalized spacial score (nSPS) is 20.9. The van der Waals surface area contributed by atoms with Crippen LogP contribution in [0.5, 0.6) is 0 Å². The third-order valence-electron chi connectivity index (χ3n) is 3.92. The standard InChI is InChI=1S/C14H17BO3S/c1-13(2)14(3,4)18-15(17-13)12-6-5-11(16-12)10-7-8-19-9-10/h5-9H,1-4H3. The first-order chi connectivity index (χ1) is 8.89. The highest BCUT2D eigenvalue weighted by Crippen LogP contribution is 2.36. The summed E-state index contributed by atoms with van der Waals surface area (Å²) in [5, 5.41) is 4.10. The van der Waals surface area contributed by atoms with Gasteiger partial charge in [0.2, 0.25) is 0 Å². The first-order valence-corrected chi connectivity index (χ1v) is 7.31. The van der Waals surface area contributed by atoms with Gasteiger partial charge in [-0.1, -0.05) is 0 Å². The Morgan fingerprint density at radius 1 is 1.00 bits per heavy atom. The molecule has 1 saturated heterocycles. The molecule has 3 nitrogen and oxygen atoms in total. The van der Waals surface area contributed by atoms with Crippen molar-refractivity contribution in [2.75, 3.05) is 0 Å². The summed E-state index contributed by atoms with van der Waals surface area (Å²) in [7, 11) is -0.433. The number of hydrogen-bond donors (Lipinski definition) is 0. The van der Waals surface area contributed by atoms with E-state index in [2.05, 4.69) is 5.38 Å².